The summed E-state index contributed by atoms with van der Waals surface area (Å²) in [5.41, 5.74) is 5.02. The zero-order chi connectivity index (χ0) is 4.50. The van der Waals surface area contributed by atoms with Crippen molar-refractivity contribution in [2.45, 2.75) is 19.9 Å². The van der Waals surface area contributed by atoms with Crippen LogP contribution in [-0.2, 0) is 0 Å². The normalized spacial score (nSPS) is 15.2. The van der Waals surface area contributed by atoms with Crippen LogP contribution in [0.3, 0.4) is 0 Å². The van der Waals surface area contributed by atoms with Gasteiger partial charge < -0.3 is 5.73 Å². The highest BCUT2D eigenvalue weighted by atomic mass is 14.6. The van der Waals surface area contributed by atoms with Gasteiger partial charge in [-0.15, -0.1) is 0 Å². The highest BCUT2D eigenvalue weighted by Crippen LogP contribution is 1.58. The molecular formula is C3H9N. The standard InChI is InChI=1S/C3H9N/c1-3(2)4/h3H,4H2,1-2H3/i3D. The minimum Gasteiger partial charge on any atom is -0.328 e. The predicted molar refractivity (Wildman–Crippen MR) is 19.3 cm³/mol. The summed E-state index contributed by atoms with van der Waals surface area (Å²) in [6.45, 7) is 3.26. The minimum absolute atomic E-state index is 0.750. The van der Waals surface area contributed by atoms with Crippen LogP contribution in [0.1, 0.15) is 15.2 Å². The first kappa shape index (κ1) is 2.21. The Bertz CT molecular complexity index is 22.4. The Labute approximate surface area is 28.2 Å². The maximum atomic E-state index is 6.72. The average molecular weight is 60.1 g/mol. The lowest BCUT2D eigenvalue weighted by Gasteiger charge is -1.81. The number of rotatable bonds is 0. The molecule has 0 saturated heterocycles. The first-order chi connectivity index (χ1) is 2.00. The number of nitrogens with two attached hydrogens (primary N) is 1. The fourth-order valence-electron chi connectivity index (χ4n) is 0. The van der Waals surface area contributed by atoms with Gasteiger partial charge in [0.1, 0.15) is 0 Å². The van der Waals surface area contributed by atoms with Gasteiger partial charge in [-0.05, 0) is 6.02 Å². The summed E-state index contributed by atoms with van der Waals surface area (Å²) in [4.78, 5) is 0. The van der Waals surface area contributed by atoms with Gasteiger partial charge in [-0.25, -0.2) is 0 Å². The number of hydrogen-bond donors (Lipinski definition) is 1. The van der Waals surface area contributed by atoms with Gasteiger partial charge in [0.15, 0.2) is 0 Å². The smallest absolute Gasteiger partial charge is 0.0457 e. The van der Waals surface area contributed by atoms with Crippen LogP contribution in [0.15, 0.2) is 0 Å². The molecule has 0 aliphatic carbocycles. The van der Waals surface area contributed by atoms with Crippen molar-refractivity contribution in [2.24, 2.45) is 5.73 Å². The van der Waals surface area contributed by atoms with Gasteiger partial charge >= 0.3 is 0 Å². The molecule has 0 saturated carbocycles. The van der Waals surface area contributed by atoms with Gasteiger partial charge in [-0.3, -0.25) is 0 Å². The summed E-state index contributed by atoms with van der Waals surface area (Å²) >= 11 is 0. The van der Waals surface area contributed by atoms with E-state index < -0.39 is 6.02 Å². The molecule has 0 aromatic rings. The molecule has 0 bridgehead atoms. The largest absolute Gasteiger partial charge is 0.328 e. The lowest BCUT2D eigenvalue weighted by molar-refractivity contribution is 0.834. The quantitative estimate of drug-likeness (QED) is 0.429. The molecule has 1 nitrogen and oxygen atoms in total. The fourth-order valence-corrected chi connectivity index (χ4v) is 0. The van der Waals surface area contributed by atoms with E-state index in [0.717, 1.165) is 0 Å². The van der Waals surface area contributed by atoms with Crippen LogP contribution in [0.4, 0.5) is 0 Å². The van der Waals surface area contributed by atoms with Gasteiger partial charge in [0.05, 0.1) is 0 Å². The Morgan fingerprint density at radius 2 is 2.00 bits per heavy atom. The van der Waals surface area contributed by atoms with Gasteiger partial charge in [0, 0.05) is 1.37 Å². The van der Waals surface area contributed by atoms with Crippen molar-refractivity contribution in [1.82, 2.24) is 0 Å². The van der Waals surface area contributed by atoms with Crippen molar-refractivity contribution in [3.05, 3.63) is 0 Å². The maximum absolute atomic E-state index is 6.72. The van der Waals surface area contributed by atoms with Crippen molar-refractivity contribution >= 4 is 0 Å². The Morgan fingerprint density at radius 1 is 2.00 bits per heavy atom. The van der Waals surface area contributed by atoms with Crippen molar-refractivity contribution in [3.8, 4) is 0 Å². The van der Waals surface area contributed by atoms with Crippen molar-refractivity contribution in [1.29, 1.82) is 0 Å². The van der Waals surface area contributed by atoms with Crippen LogP contribution >= 0.6 is 0 Å². The van der Waals surface area contributed by atoms with E-state index in [0.29, 0.717) is 0 Å². The average Bonchev–Trinajstić information content (AvgIpc) is 0.722. The summed E-state index contributed by atoms with van der Waals surface area (Å²) in [5.74, 6) is 0. The third kappa shape index (κ3) is 1130. The maximum Gasteiger partial charge on any atom is 0.0457 e. The van der Waals surface area contributed by atoms with Crippen LogP contribution in [0.5, 0.6) is 0 Å². The van der Waals surface area contributed by atoms with E-state index in [1.54, 1.807) is 13.8 Å². The minimum atomic E-state index is -0.750. The zero-order valence-corrected chi connectivity index (χ0v) is 3.08. The second kappa shape index (κ2) is 1.30. The zero-order valence-electron chi connectivity index (χ0n) is 4.08. The first-order valence-electron chi connectivity index (χ1n) is 1.79. The summed E-state index contributed by atoms with van der Waals surface area (Å²) in [7, 11) is 0. The predicted octanol–water partition coefficient (Wildman–Crippen LogP) is 0.354. The molecule has 0 atom stereocenters. The summed E-state index contributed by atoms with van der Waals surface area (Å²) in [5, 5.41) is 0. The van der Waals surface area contributed by atoms with Crippen LogP contribution < -0.4 is 5.73 Å². The van der Waals surface area contributed by atoms with E-state index in [-0.39, 0.29) is 0 Å². The molecular weight excluding hydrogens is 50.0 g/mol. The second-order valence-corrected chi connectivity index (χ2v) is 1.08. The Kier molecular flexibility index (Phi) is 0.718. The molecule has 0 spiro atoms. The van der Waals surface area contributed by atoms with Crippen LogP contribution in [0, 0.1) is 0 Å². The lowest BCUT2D eigenvalue weighted by Crippen LogP contribution is -2.06. The molecule has 2 N–H and O–H groups in total. The summed E-state index contributed by atoms with van der Waals surface area (Å²) < 4.78 is 6.72. The van der Waals surface area contributed by atoms with E-state index in [1.165, 1.54) is 0 Å². The molecule has 0 aliphatic heterocycles. The SMILES string of the molecule is [2H]C(C)(C)N. The monoisotopic (exact) mass is 60.1 g/mol. The lowest BCUT2D eigenvalue weighted by atomic mass is 10.5. The first-order valence-corrected chi connectivity index (χ1v) is 1.29. The molecule has 0 aromatic heterocycles. The Hall–Kier alpha value is -0.0400. The highest BCUT2D eigenvalue weighted by molar-refractivity contribution is 4.32. The van der Waals surface area contributed by atoms with E-state index in [2.05, 4.69) is 0 Å². The molecule has 4 heavy (non-hydrogen) atoms. The van der Waals surface area contributed by atoms with Crippen molar-refractivity contribution in [2.75, 3.05) is 0 Å². The molecule has 0 radical (unpaired) electrons. The Morgan fingerprint density at radius 3 is 2.00 bits per heavy atom. The Balaban J connectivity index is 3.02. The molecule has 0 amide bonds. The molecule has 0 unspecified atom stereocenters. The van der Waals surface area contributed by atoms with Crippen LogP contribution in [0.2, 0.25) is 0 Å². The third-order valence-electron chi connectivity index (χ3n) is 0. The summed E-state index contributed by atoms with van der Waals surface area (Å²) in [6, 6.07) is -0.750. The fraction of sp³-hybridized carbons (Fsp3) is 1.00. The van der Waals surface area contributed by atoms with E-state index >= 15 is 0 Å². The molecule has 0 aromatic carbocycles. The molecule has 0 fully saturated rings. The van der Waals surface area contributed by atoms with Gasteiger partial charge in [0.2, 0.25) is 0 Å². The highest BCUT2D eigenvalue weighted by Gasteiger charge is 1.67. The summed E-state index contributed by atoms with van der Waals surface area (Å²) in [6.07, 6.45) is 0. The van der Waals surface area contributed by atoms with Crippen molar-refractivity contribution < 1.29 is 1.37 Å². The van der Waals surface area contributed by atoms with Crippen molar-refractivity contribution in [3.63, 3.8) is 0 Å². The van der Waals surface area contributed by atoms with Gasteiger partial charge in [-0.2, -0.15) is 0 Å². The van der Waals surface area contributed by atoms with Crippen LogP contribution in [0.25, 0.3) is 0 Å². The van der Waals surface area contributed by atoms with E-state index in [9.17, 15) is 0 Å². The second-order valence-electron chi connectivity index (χ2n) is 1.08. The van der Waals surface area contributed by atoms with Crippen LogP contribution in [-0.4, -0.2) is 6.02 Å². The third-order valence-corrected chi connectivity index (χ3v) is 0. The van der Waals surface area contributed by atoms with Gasteiger partial charge in [0.25, 0.3) is 0 Å². The number of hydrogen-bond acceptors (Lipinski definition) is 1. The van der Waals surface area contributed by atoms with E-state index in [1.807, 2.05) is 0 Å². The molecule has 26 valence electrons. The molecule has 1 heteroatoms. The molecule has 0 aliphatic rings. The van der Waals surface area contributed by atoms with Gasteiger partial charge in [-0.1, -0.05) is 13.8 Å². The van der Waals surface area contributed by atoms with E-state index in [4.69, 9.17) is 7.10 Å². The molecule has 0 rings (SSSR count). The topological polar surface area (TPSA) is 26.0 Å². The molecule has 0 heterocycles.